The van der Waals surface area contributed by atoms with Crippen molar-refractivity contribution in [1.82, 2.24) is 5.32 Å². The molecule has 1 aromatic rings. The van der Waals surface area contributed by atoms with E-state index in [0.717, 1.165) is 37.1 Å². The molecular formula is C17H24ClNO2. The van der Waals surface area contributed by atoms with E-state index in [4.69, 9.17) is 16.3 Å². The number of hydrogen-bond donors (Lipinski definition) is 1. The lowest BCUT2D eigenvalue weighted by molar-refractivity contribution is 0.0893. The fourth-order valence-corrected chi connectivity index (χ4v) is 3.00. The maximum atomic E-state index is 12.9. The van der Waals surface area contributed by atoms with Crippen LogP contribution >= 0.6 is 11.6 Å². The van der Waals surface area contributed by atoms with Crippen molar-refractivity contribution in [1.29, 1.82) is 0 Å². The van der Waals surface area contributed by atoms with Gasteiger partial charge in [-0.2, -0.15) is 0 Å². The summed E-state index contributed by atoms with van der Waals surface area (Å²) in [7, 11) is 0. The van der Waals surface area contributed by atoms with Crippen molar-refractivity contribution in [2.45, 2.75) is 46.6 Å². The molecule has 0 aliphatic carbocycles. The first-order valence-corrected chi connectivity index (χ1v) is 8.01. The van der Waals surface area contributed by atoms with Gasteiger partial charge in [-0.3, -0.25) is 4.79 Å². The molecule has 0 amide bonds. The van der Waals surface area contributed by atoms with E-state index in [1.165, 1.54) is 0 Å². The zero-order chi connectivity index (χ0) is 15.6. The molecule has 1 aliphatic heterocycles. The van der Waals surface area contributed by atoms with E-state index in [2.05, 4.69) is 5.32 Å². The number of aryl methyl sites for hydroxylation is 1. The quantitative estimate of drug-likeness (QED) is 0.857. The Balaban J connectivity index is 2.43. The lowest BCUT2D eigenvalue weighted by Crippen LogP contribution is -2.35. The summed E-state index contributed by atoms with van der Waals surface area (Å²) in [5, 5.41) is 3.96. The van der Waals surface area contributed by atoms with E-state index < -0.39 is 0 Å². The Kier molecular flexibility index (Phi) is 5.28. The highest BCUT2D eigenvalue weighted by Gasteiger charge is 2.28. The summed E-state index contributed by atoms with van der Waals surface area (Å²) in [4.78, 5) is 12.9. The van der Waals surface area contributed by atoms with E-state index >= 15 is 0 Å². The molecule has 0 radical (unpaired) electrons. The van der Waals surface area contributed by atoms with Gasteiger partial charge in [0.25, 0.3) is 0 Å². The van der Waals surface area contributed by atoms with Gasteiger partial charge in [0, 0.05) is 17.5 Å². The van der Waals surface area contributed by atoms with Crippen LogP contribution in [-0.4, -0.2) is 25.0 Å². The first kappa shape index (κ1) is 16.3. The molecule has 1 heterocycles. The van der Waals surface area contributed by atoms with Crippen molar-refractivity contribution in [3.63, 3.8) is 0 Å². The molecule has 0 aromatic heterocycles. The molecule has 1 atom stereocenters. The lowest BCUT2D eigenvalue weighted by Gasteiger charge is -2.25. The molecule has 21 heavy (non-hydrogen) atoms. The fraction of sp³-hybridized carbons (Fsp3) is 0.588. The number of nitrogens with one attached hydrogen (secondary N) is 1. The highest BCUT2D eigenvalue weighted by Crippen LogP contribution is 2.34. The van der Waals surface area contributed by atoms with Crippen molar-refractivity contribution >= 4 is 17.4 Å². The standard InChI is InChI=1S/C17H24ClNO2/c1-10(2)21-14-8-11(3)16(18)12(4)15(14)17(20)13-6-5-7-19-9-13/h8,10,13,19H,5-7,9H2,1-4H3. The molecule has 1 fully saturated rings. The Labute approximate surface area is 132 Å². The Hall–Kier alpha value is -1.06. The van der Waals surface area contributed by atoms with Crippen molar-refractivity contribution in [3.05, 3.63) is 27.8 Å². The summed E-state index contributed by atoms with van der Waals surface area (Å²) in [6, 6.07) is 1.89. The van der Waals surface area contributed by atoms with Gasteiger partial charge < -0.3 is 10.1 Å². The molecule has 2 rings (SSSR count). The Morgan fingerprint density at radius 1 is 1.43 bits per heavy atom. The van der Waals surface area contributed by atoms with E-state index in [9.17, 15) is 4.79 Å². The number of piperidine rings is 1. The third-order valence-electron chi connectivity index (χ3n) is 3.92. The number of hydrogen-bond acceptors (Lipinski definition) is 3. The van der Waals surface area contributed by atoms with Crippen molar-refractivity contribution in [2.75, 3.05) is 13.1 Å². The SMILES string of the molecule is Cc1cc(OC(C)C)c(C(=O)C2CCCNC2)c(C)c1Cl. The largest absolute Gasteiger partial charge is 0.490 e. The van der Waals surface area contributed by atoms with Crippen LogP contribution in [0.15, 0.2) is 6.07 Å². The van der Waals surface area contributed by atoms with Crippen LogP contribution in [0.2, 0.25) is 5.02 Å². The van der Waals surface area contributed by atoms with E-state index in [-0.39, 0.29) is 17.8 Å². The Morgan fingerprint density at radius 2 is 2.14 bits per heavy atom. The lowest BCUT2D eigenvalue weighted by atomic mass is 9.88. The molecule has 1 aliphatic rings. The minimum atomic E-state index is 0.0192. The number of ether oxygens (including phenoxy) is 1. The van der Waals surface area contributed by atoms with E-state index in [1.54, 1.807) is 0 Å². The van der Waals surface area contributed by atoms with E-state index in [1.807, 2.05) is 33.8 Å². The van der Waals surface area contributed by atoms with Crippen LogP contribution in [0.1, 0.15) is 48.2 Å². The number of carbonyl (C=O) groups is 1. The number of carbonyl (C=O) groups excluding carboxylic acids is 1. The van der Waals surface area contributed by atoms with Crippen LogP contribution < -0.4 is 10.1 Å². The normalized spacial score (nSPS) is 18.9. The molecule has 4 heteroatoms. The third kappa shape index (κ3) is 3.58. The maximum Gasteiger partial charge on any atom is 0.171 e. The third-order valence-corrected chi connectivity index (χ3v) is 4.50. The van der Waals surface area contributed by atoms with Gasteiger partial charge in [-0.1, -0.05) is 11.6 Å². The van der Waals surface area contributed by atoms with Crippen LogP contribution in [0.3, 0.4) is 0 Å². The maximum absolute atomic E-state index is 12.9. The van der Waals surface area contributed by atoms with Gasteiger partial charge >= 0.3 is 0 Å². The average Bonchev–Trinajstić information content (AvgIpc) is 2.45. The summed E-state index contributed by atoms with van der Waals surface area (Å²) in [5.41, 5.74) is 2.44. The topological polar surface area (TPSA) is 38.3 Å². The molecule has 3 nitrogen and oxygen atoms in total. The molecule has 0 bridgehead atoms. The minimum Gasteiger partial charge on any atom is -0.490 e. The van der Waals surface area contributed by atoms with Crippen LogP contribution in [0.25, 0.3) is 0 Å². The Morgan fingerprint density at radius 3 is 2.71 bits per heavy atom. The summed E-state index contributed by atoms with van der Waals surface area (Å²) in [6.45, 7) is 9.52. The summed E-state index contributed by atoms with van der Waals surface area (Å²) >= 11 is 6.35. The summed E-state index contributed by atoms with van der Waals surface area (Å²) < 4.78 is 5.87. The second kappa shape index (κ2) is 6.80. The number of Topliss-reactive ketones (excluding diaryl/α,β-unsaturated/α-hetero) is 1. The summed E-state index contributed by atoms with van der Waals surface area (Å²) in [6.07, 6.45) is 1.99. The number of rotatable bonds is 4. The highest BCUT2D eigenvalue weighted by molar-refractivity contribution is 6.32. The van der Waals surface area contributed by atoms with E-state index in [0.29, 0.717) is 16.3 Å². The van der Waals surface area contributed by atoms with Gasteiger partial charge in [0.1, 0.15) is 5.75 Å². The van der Waals surface area contributed by atoms with Crippen LogP contribution in [-0.2, 0) is 0 Å². The molecule has 1 saturated heterocycles. The molecule has 0 spiro atoms. The highest BCUT2D eigenvalue weighted by atomic mass is 35.5. The van der Waals surface area contributed by atoms with Crippen molar-refractivity contribution in [2.24, 2.45) is 5.92 Å². The van der Waals surface area contributed by atoms with Crippen molar-refractivity contribution in [3.8, 4) is 5.75 Å². The average molecular weight is 310 g/mol. The van der Waals surface area contributed by atoms with Crippen molar-refractivity contribution < 1.29 is 9.53 Å². The van der Waals surface area contributed by atoms with Gasteiger partial charge in [-0.25, -0.2) is 0 Å². The predicted molar refractivity (Wildman–Crippen MR) is 86.6 cm³/mol. The van der Waals surface area contributed by atoms with Crippen LogP contribution in [0.5, 0.6) is 5.75 Å². The molecule has 0 saturated carbocycles. The van der Waals surface area contributed by atoms with Crippen LogP contribution in [0.4, 0.5) is 0 Å². The second-order valence-electron chi connectivity index (χ2n) is 6.08. The first-order chi connectivity index (χ1) is 9.91. The molecule has 1 unspecified atom stereocenters. The van der Waals surface area contributed by atoms with Gasteiger partial charge in [-0.15, -0.1) is 0 Å². The van der Waals surface area contributed by atoms with Gasteiger partial charge in [0.15, 0.2) is 5.78 Å². The number of benzene rings is 1. The minimum absolute atomic E-state index is 0.0192. The van der Waals surface area contributed by atoms with Gasteiger partial charge in [0.05, 0.1) is 11.7 Å². The van der Waals surface area contributed by atoms with Gasteiger partial charge in [-0.05, 0) is 64.3 Å². The molecular weight excluding hydrogens is 286 g/mol. The zero-order valence-electron chi connectivity index (χ0n) is 13.3. The van der Waals surface area contributed by atoms with Crippen LogP contribution in [0, 0.1) is 19.8 Å². The molecule has 1 aromatic carbocycles. The fourth-order valence-electron chi connectivity index (χ4n) is 2.86. The second-order valence-corrected chi connectivity index (χ2v) is 6.46. The number of halogens is 1. The molecule has 1 N–H and O–H groups in total. The predicted octanol–water partition coefficient (Wildman–Crippen LogP) is 3.93. The summed E-state index contributed by atoms with van der Waals surface area (Å²) in [5.74, 6) is 0.836. The number of ketones is 1. The smallest absolute Gasteiger partial charge is 0.171 e. The monoisotopic (exact) mass is 309 g/mol. The zero-order valence-corrected chi connectivity index (χ0v) is 14.0. The van der Waals surface area contributed by atoms with Gasteiger partial charge in [0.2, 0.25) is 0 Å². The first-order valence-electron chi connectivity index (χ1n) is 7.63. The Bertz CT molecular complexity index is 534. The molecule has 116 valence electrons.